The van der Waals surface area contributed by atoms with Crippen LogP contribution in [0.3, 0.4) is 0 Å². The van der Waals surface area contributed by atoms with Crippen LogP contribution in [0.15, 0.2) is 24.3 Å². The number of carbonyl (C=O) groups excluding carboxylic acids is 3. The van der Waals surface area contributed by atoms with Gasteiger partial charge in [-0.1, -0.05) is 289 Å². The molecule has 1 atom stereocenters. The van der Waals surface area contributed by atoms with E-state index >= 15 is 0 Å². The highest BCUT2D eigenvalue weighted by molar-refractivity contribution is 5.71. The third kappa shape index (κ3) is 54.7. The summed E-state index contributed by atoms with van der Waals surface area (Å²) in [7, 11) is 0. The second-order valence-electron chi connectivity index (χ2n) is 20.3. The van der Waals surface area contributed by atoms with Crippen LogP contribution in [0.1, 0.15) is 329 Å². The van der Waals surface area contributed by atoms with Crippen LogP contribution in [0, 0.1) is 0 Å². The molecule has 0 fully saturated rings. The molecule has 0 aliphatic heterocycles. The first-order valence-electron chi connectivity index (χ1n) is 29.9. The van der Waals surface area contributed by atoms with Crippen LogP contribution in [-0.4, -0.2) is 37.2 Å². The Kier molecular flexibility index (Phi) is 54.7. The first kappa shape index (κ1) is 64.9. The Morgan fingerprint density at radius 1 is 0.299 bits per heavy atom. The van der Waals surface area contributed by atoms with Gasteiger partial charge in [0, 0.05) is 19.3 Å². The highest BCUT2D eigenvalue weighted by atomic mass is 16.6. The Balaban J connectivity index is 4.27. The van der Waals surface area contributed by atoms with Crippen molar-refractivity contribution in [3.05, 3.63) is 24.3 Å². The maximum Gasteiger partial charge on any atom is 0.306 e. The molecule has 0 radical (unpaired) electrons. The molecular weight excluding hydrogens is 829 g/mol. The Morgan fingerprint density at radius 2 is 0.522 bits per heavy atom. The zero-order valence-corrected chi connectivity index (χ0v) is 45.2. The van der Waals surface area contributed by atoms with Gasteiger partial charge in [0.25, 0.3) is 0 Å². The van der Waals surface area contributed by atoms with Gasteiger partial charge in [-0.3, -0.25) is 14.4 Å². The van der Waals surface area contributed by atoms with Gasteiger partial charge in [0.15, 0.2) is 6.10 Å². The summed E-state index contributed by atoms with van der Waals surface area (Å²) < 4.78 is 16.9. The molecule has 394 valence electrons. The van der Waals surface area contributed by atoms with E-state index in [2.05, 4.69) is 45.1 Å². The molecule has 0 aromatic rings. The standard InChI is InChI=1S/C61H114O6/c1-4-7-10-13-16-19-22-24-26-28-30-32-34-36-39-42-45-48-51-54-60(63)66-57-58(56-65-59(62)53-50-47-44-41-38-21-18-15-12-9-6-3)67-61(64)55-52-49-46-43-40-37-35-33-31-29-27-25-23-20-17-14-11-8-5-2/h16,19,22,24,58H,4-15,17-18,20-21,23,25-57H2,1-3H3/b19-16-,24-22-. The maximum absolute atomic E-state index is 12.9. The van der Waals surface area contributed by atoms with Gasteiger partial charge in [0.05, 0.1) is 0 Å². The molecule has 0 bridgehead atoms. The van der Waals surface area contributed by atoms with Crippen LogP contribution in [0.5, 0.6) is 0 Å². The lowest BCUT2D eigenvalue weighted by atomic mass is 10.0. The largest absolute Gasteiger partial charge is 0.462 e. The van der Waals surface area contributed by atoms with Gasteiger partial charge in [-0.2, -0.15) is 0 Å². The molecule has 0 aliphatic carbocycles. The van der Waals surface area contributed by atoms with Crippen LogP contribution in [0.2, 0.25) is 0 Å². The zero-order chi connectivity index (χ0) is 48.6. The van der Waals surface area contributed by atoms with Crippen molar-refractivity contribution >= 4 is 17.9 Å². The average molecular weight is 944 g/mol. The van der Waals surface area contributed by atoms with Crippen molar-refractivity contribution in [3.8, 4) is 0 Å². The summed E-state index contributed by atoms with van der Waals surface area (Å²) >= 11 is 0. The summed E-state index contributed by atoms with van der Waals surface area (Å²) in [6.45, 7) is 6.66. The van der Waals surface area contributed by atoms with Gasteiger partial charge in [0.1, 0.15) is 13.2 Å². The Morgan fingerprint density at radius 3 is 0.821 bits per heavy atom. The Bertz CT molecular complexity index is 1080. The summed E-state index contributed by atoms with van der Waals surface area (Å²) in [5, 5.41) is 0. The quantitative estimate of drug-likeness (QED) is 0.0262. The number of ether oxygens (including phenoxy) is 3. The van der Waals surface area contributed by atoms with Crippen LogP contribution in [0.4, 0.5) is 0 Å². The monoisotopic (exact) mass is 943 g/mol. The number of hydrogen-bond donors (Lipinski definition) is 0. The first-order chi connectivity index (χ1) is 33.0. The number of carbonyl (C=O) groups is 3. The molecule has 6 nitrogen and oxygen atoms in total. The lowest BCUT2D eigenvalue weighted by Gasteiger charge is -2.18. The Labute approximate surface area is 417 Å². The fourth-order valence-corrected chi connectivity index (χ4v) is 8.97. The second-order valence-corrected chi connectivity index (χ2v) is 20.3. The number of allylic oxidation sites excluding steroid dienone is 4. The number of hydrogen-bond acceptors (Lipinski definition) is 6. The normalized spacial score (nSPS) is 12.1. The summed E-state index contributed by atoms with van der Waals surface area (Å²) in [4.78, 5) is 38.1. The third-order valence-electron chi connectivity index (χ3n) is 13.5. The molecule has 0 aromatic heterocycles. The summed E-state index contributed by atoms with van der Waals surface area (Å²) in [6, 6.07) is 0. The van der Waals surface area contributed by atoms with Gasteiger partial charge in [-0.15, -0.1) is 0 Å². The molecule has 0 heterocycles. The number of rotatable bonds is 55. The van der Waals surface area contributed by atoms with E-state index in [0.717, 1.165) is 57.8 Å². The van der Waals surface area contributed by atoms with Crippen molar-refractivity contribution in [2.75, 3.05) is 13.2 Å². The fourth-order valence-electron chi connectivity index (χ4n) is 8.97. The maximum atomic E-state index is 12.9. The molecule has 0 amide bonds. The summed E-state index contributed by atoms with van der Waals surface area (Å²) in [5.74, 6) is -0.848. The molecule has 0 aliphatic rings. The minimum atomic E-state index is -0.767. The zero-order valence-electron chi connectivity index (χ0n) is 45.2. The van der Waals surface area contributed by atoms with Gasteiger partial charge in [0.2, 0.25) is 0 Å². The molecule has 67 heavy (non-hydrogen) atoms. The SMILES string of the molecule is CCCCC/C=C\C=C/CCCCCCCCCCCCC(=O)OCC(COC(=O)CCCCCCCCCCCCC)OC(=O)CCCCCCCCCCCCCCCCCCCCC. The van der Waals surface area contributed by atoms with E-state index in [4.69, 9.17) is 14.2 Å². The van der Waals surface area contributed by atoms with Crippen molar-refractivity contribution in [1.29, 1.82) is 0 Å². The van der Waals surface area contributed by atoms with E-state index in [-0.39, 0.29) is 31.1 Å². The van der Waals surface area contributed by atoms with Crippen molar-refractivity contribution in [3.63, 3.8) is 0 Å². The predicted molar refractivity (Wildman–Crippen MR) is 289 cm³/mol. The molecule has 0 saturated heterocycles. The van der Waals surface area contributed by atoms with Crippen LogP contribution >= 0.6 is 0 Å². The highest BCUT2D eigenvalue weighted by Gasteiger charge is 2.19. The number of esters is 3. The minimum Gasteiger partial charge on any atom is -0.462 e. The highest BCUT2D eigenvalue weighted by Crippen LogP contribution is 2.17. The predicted octanol–water partition coefficient (Wildman–Crippen LogP) is 19.9. The van der Waals surface area contributed by atoms with Crippen molar-refractivity contribution in [1.82, 2.24) is 0 Å². The second kappa shape index (κ2) is 56.5. The van der Waals surface area contributed by atoms with E-state index in [0.29, 0.717) is 19.3 Å². The summed E-state index contributed by atoms with van der Waals surface area (Å²) in [5.41, 5.74) is 0. The van der Waals surface area contributed by atoms with E-state index in [9.17, 15) is 14.4 Å². The summed E-state index contributed by atoms with van der Waals surface area (Å²) in [6.07, 6.45) is 66.0. The van der Waals surface area contributed by atoms with Gasteiger partial charge >= 0.3 is 17.9 Å². The topological polar surface area (TPSA) is 78.9 Å². The molecule has 0 aromatic carbocycles. The van der Waals surface area contributed by atoms with Gasteiger partial charge < -0.3 is 14.2 Å². The van der Waals surface area contributed by atoms with E-state index in [1.807, 2.05) is 0 Å². The lowest BCUT2D eigenvalue weighted by molar-refractivity contribution is -0.167. The number of unbranched alkanes of at least 4 members (excludes halogenated alkanes) is 41. The van der Waals surface area contributed by atoms with E-state index in [1.54, 1.807) is 0 Å². The van der Waals surface area contributed by atoms with E-state index < -0.39 is 6.10 Å². The smallest absolute Gasteiger partial charge is 0.306 e. The van der Waals surface area contributed by atoms with Crippen molar-refractivity contribution in [2.45, 2.75) is 335 Å². The third-order valence-corrected chi connectivity index (χ3v) is 13.5. The van der Waals surface area contributed by atoms with Crippen molar-refractivity contribution in [2.24, 2.45) is 0 Å². The Hall–Kier alpha value is -2.11. The molecule has 6 heteroatoms. The molecule has 0 N–H and O–H groups in total. The van der Waals surface area contributed by atoms with Crippen LogP contribution in [-0.2, 0) is 28.6 Å². The fraction of sp³-hybridized carbons (Fsp3) is 0.885. The lowest BCUT2D eigenvalue weighted by Crippen LogP contribution is -2.30. The minimum absolute atomic E-state index is 0.0665. The molecule has 0 saturated carbocycles. The van der Waals surface area contributed by atoms with Gasteiger partial charge in [-0.05, 0) is 44.9 Å². The van der Waals surface area contributed by atoms with Gasteiger partial charge in [-0.25, -0.2) is 0 Å². The molecule has 0 spiro atoms. The van der Waals surface area contributed by atoms with E-state index in [1.165, 1.54) is 231 Å². The average Bonchev–Trinajstić information content (AvgIpc) is 3.33. The first-order valence-corrected chi connectivity index (χ1v) is 29.9. The van der Waals surface area contributed by atoms with Crippen molar-refractivity contribution < 1.29 is 28.6 Å². The molecule has 0 rings (SSSR count). The molecular formula is C61H114O6. The van der Waals surface area contributed by atoms with Crippen LogP contribution in [0.25, 0.3) is 0 Å². The molecule has 1 unspecified atom stereocenters. The van der Waals surface area contributed by atoms with Crippen LogP contribution < -0.4 is 0 Å².